The van der Waals surface area contributed by atoms with Crippen molar-refractivity contribution in [1.29, 1.82) is 0 Å². The van der Waals surface area contributed by atoms with Gasteiger partial charge < -0.3 is 9.47 Å². The number of imidazole rings is 1. The Bertz CT molecular complexity index is 1250. The first-order valence-electron chi connectivity index (χ1n) is 11.3. The topological polar surface area (TPSA) is 38.1 Å². The molecule has 9 heteroatoms. The third-order valence-electron chi connectivity index (χ3n) is 6.62. The van der Waals surface area contributed by atoms with Gasteiger partial charge in [0.2, 0.25) is 0 Å². The second-order valence-electron chi connectivity index (χ2n) is 9.00. The quantitative estimate of drug-likeness (QED) is 0.367. The van der Waals surface area contributed by atoms with Crippen molar-refractivity contribution < 1.29 is 18.0 Å². The van der Waals surface area contributed by atoms with Crippen LogP contribution in [0, 0.1) is 12.8 Å². The van der Waals surface area contributed by atoms with E-state index >= 15 is 0 Å². The molecule has 182 valence electrons. The van der Waals surface area contributed by atoms with Crippen molar-refractivity contribution in [3.8, 4) is 0 Å². The third-order valence-corrected chi connectivity index (χ3v) is 7.40. The molecule has 1 fully saturated rings. The van der Waals surface area contributed by atoms with Crippen LogP contribution in [0.15, 0.2) is 24.3 Å². The number of alkyl halides is 3. The van der Waals surface area contributed by atoms with Gasteiger partial charge in [-0.05, 0) is 61.1 Å². The molecule has 1 saturated heterocycles. The van der Waals surface area contributed by atoms with Gasteiger partial charge in [-0.25, -0.2) is 4.98 Å². The highest BCUT2D eigenvalue weighted by atomic mass is 35.5. The SMILES string of the molecule is CCCC1CCN(C(=O)c2ccc(Cl)c(Cc3nc4c(C)cc(C(F)(F)F)cc4n3C)c2Cl)C1. The van der Waals surface area contributed by atoms with Crippen LogP contribution in [0.4, 0.5) is 13.2 Å². The Morgan fingerprint density at radius 2 is 1.97 bits per heavy atom. The zero-order valence-electron chi connectivity index (χ0n) is 19.3. The van der Waals surface area contributed by atoms with Crippen molar-refractivity contribution in [2.45, 2.75) is 45.7 Å². The minimum absolute atomic E-state index is 0.128. The largest absolute Gasteiger partial charge is 0.416 e. The molecule has 0 aliphatic carbocycles. The normalized spacial score (nSPS) is 16.6. The summed E-state index contributed by atoms with van der Waals surface area (Å²) in [5.41, 5.74) is 1.49. The Morgan fingerprint density at radius 3 is 2.65 bits per heavy atom. The van der Waals surface area contributed by atoms with Gasteiger partial charge in [0, 0.05) is 31.6 Å². The number of likely N-dealkylation sites (tertiary alicyclic amines) is 1. The Balaban J connectivity index is 1.68. The van der Waals surface area contributed by atoms with Crippen molar-refractivity contribution in [3.63, 3.8) is 0 Å². The number of benzene rings is 2. The molecule has 1 aliphatic rings. The molecule has 0 saturated carbocycles. The summed E-state index contributed by atoms with van der Waals surface area (Å²) in [6, 6.07) is 5.48. The first kappa shape index (κ1) is 24.9. The first-order chi connectivity index (χ1) is 16.0. The Hall–Kier alpha value is -2.25. The van der Waals surface area contributed by atoms with Crippen LogP contribution in [0.2, 0.25) is 10.0 Å². The van der Waals surface area contributed by atoms with Gasteiger partial charge in [-0.15, -0.1) is 0 Å². The van der Waals surface area contributed by atoms with Crippen molar-refractivity contribution in [3.05, 3.63) is 62.4 Å². The van der Waals surface area contributed by atoms with Crippen LogP contribution in [-0.2, 0) is 19.6 Å². The van der Waals surface area contributed by atoms with Gasteiger partial charge in [-0.1, -0.05) is 36.5 Å². The number of halogens is 5. The van der Waals surface area contributed by atoms with E-state index in [1.807, 2.05) is 4.90 Å². The molecule has 0 N–H and O–H groups in total. The lowest BCUT2D eigenvalue weighted by Gasteiger charge is -2.19. The molecule has 1 amide bonds. The fourth-order valence-corrected chi connectivity index (χ4v) is 5.33. The number of nitrogens with zero attached hydrogens (tertiary/aromatic N) is 3. The zero-order chi connectivity index (χ0) is 24.8. The molecule has 1 aromatic heterocycles. The monoisotopic (exact) mass is 511 g/mol. The predicted molar refractivity (Wildman–Crippen MR) is 129 cm³/mol. The van der Waals surface area contributed by atoms with Crippen LogP contribution in [0.5, 0.6) is 0 Å². The highest BCUT2D eigenvalue weighted by Crippen LogP contribution is 2.35. The summed E-state index contributed by atoms with van der Waals surface area (Å²) in [5, 5.41) is 0.641. The lowest BCUT2D eigenvalue weighted by atomic mass is 10.0. The van der Waals surface area contributed by atoms with E-state index in [4.69, 9.17) is 23.2 Å². The summed E-state index contributed by atoms with van der Waals surface area (Å²) < 4.78 is 41.5. The van der Waals surface area contributed by atoms with E-state index < -0.39 is 11.7 Å². The molecule has 3 aromatic rings. The fraction of sp³-hybridized carbons (Fsp3) is 0.440. The number of carbonyl (C=O) groups is 1. The van der Waals surface area contributed by atoms with Gasteiger partial charge in [-0.3, -0.25) is 4.79 Å². The van der Waals surface area contributed by atoms with Gasteiger partial charge in [0.25, 0.3) is 5.91 Å². The number of carbonyl (C=O) groups excluding carboxylic acids is 1. The molecule has 1 aliphatic heterocycles. The van der Waals surface area contributed by atoms with Crippen molar-refractivity contribution in [2.75, 3.05) is 13.1 Å². The number of aryl methyl sites for hydroxylation is 2. The highest BCUT2D eigenvalue weighted by Gasteiger charge is 2.32. The molecule has 4 rings (SSSR count). The average molecular weight is 512 g/mol. The Morgan fingerprint density at radius 1 is 1.24 bits per heavy atom. The van der Waals surface area contributed by atoms with Crippen LogP contribution < -0.4 is 0 Å². The van der Waals surface area contributed by atoms with Gasteiger partial charge in [0.05, 0.1) is 27.2 Å². The van der Waals surface area contributed by atoms with E-state index in [-0.39, 0.29) is 17.4 Å². The van der Waals surface area contributed by atoms with Gasteiger partial charge in [-0.2, -0.15) is 13.2 Å². The van der Waals surface area contributed by atoms with Crippen molar-refractivity contribution >= 4 is 40.1 Å². The molecule has 0 radical (unpaired) electrons. The van der Waals surface area contributed by atoms with Gasteiger partial charge in [0.15, 0.2) is 0 Å². The van der Waals surface area contributed by atoms with Crippen molar-refractivity contribution in [2.24, 2.45) is 13.0 Å². The number of aromatic nitrogens is 2. The number of fused-ring (bicyclic) bond motifs is 1. The second-order valence-corrected chi connectivity index (χ2v) is 9.79. The second kappa shape index (κ2) is 9.42. The average Bonchev–Trinajstić information content (AvgIpc) is 3.36. The Kier molecular flexibility index (Phi) is 6.89. The summed E-state index contributed by atoms with van der Waals surface area (Å²) in [4.78, 5) is 19.6. The molecule has 2 aromatic carbocycles. The van der Waals surface area contributed by atoms with Crippen LogP contribution >= 0.6 is 23.2 Å². The number of hydrogen-bond donors (Lipinski definition) is 0. The zero-order valence-corrected chi connectivity index (χ0v) is 20.8. The fourth-order valence-electron chi connectivity index (χ4n) is 4.74. The van der Waals surface area contributed by atoms with Crippen LogP contribution in [-0.4, -0.2) is 33.4 Å². The van der Waals surface area contributed by atoms with E-state index in [9.17, 15) is 18.0 Å². The molecular weight excluding hydrogens is 486 g/mol. The summed E-state index contributed by atoms with van der Waals surface area (Å²) in [7, 11) is 1.67. The molecule has 2 heterocycles. The van der Waals surface area contributed by atoms with Gasteiger partial charge >= 0.3 is 6.18 Å². The maximum Gasteiger partial charge on any atom is 0.416 e. The molecular formula is C25H26Cl2F3N3O. The minimum Gasteiger partial charge on any atom is -0.338 e. The summed E-state index contributed by atoms with van der Waals surface area (Å²) in [5.74, 6) is 0.886. The molecule has 1 unspecified atom stereocenters. The Labute approximate surface area is 206 Å². The molecule has 4 nitrogen and oxygen atoms in total. The maximum absolute atomic E-state index is 13.3. The molecule has 34 heavy (non-hydrogen) atoms. The summed E-state index contributed by atoms with van der Waals surface area (Å²) in [6.45, 7) is 5.16. The van der Waals surface area contributed by atoms with Crippen LogP contribution in [0.3, 0.4) is 0 Å². The van der Waals surface area contributed by atoms with E-state index in [1.54, 1.807) is 30.7 Å². The molecule has 0 bridgehead atoms. The standard InChI is InChI=1S/C25H26Cl2F3N3O/c1-4-5-15-8-9-33(13-15)24(34)17-6-7-19(26)18(22(17)27)12-21-31-23-14(2)10-16(25(28,29)30)11-20(23)32(21)3/h6-7,10-11,15H,4-5,8-9,12-13H2,1-3H3. The smallest absolute Gasteiger partial charge is 0.338 e. The van der Waals surface area contributed by atoms with Crippen LogP contribution in [0.1, 0.15) is 59.1 Å². The number of rotatable bonds is 5. The lowest BCUT2D eigenvalue weighted by molar-refractivity contribution is -0.137. The van der Waals surface area contributed by atoms with E-state index in [1.165, 1.54) is 0 Å². The molecule has 1 atom stereocenters. The third kappa shape index (κ3) is 4.65. The van der Waals surface area contributed by atoms with E-state index in [0.29, 0.717) is 57.6 Å². The van der Waals surface area contributed by atoms with E-state index in [2.05, 4.69) is 11.9 Å². The number of amides is 1. The van der Waals surface area contributed by atoms with Crippen LogP contribution in [0.25, 0.3) is 11.0 Å². The van der Waals surface area contributed by atoms with E-state index in [0.717, 1.165) is 31.4 Å². The number of hydrogen-bond acceptors (Lipinski definition) is 2. The summed E-state index contributed by atoms with van der Waals surface area (Å²) in [6.07, 6.45) is -1.11. The van der Waals surface area contributed by atoms with Gasteiger partial charge in [0.1, 0.15) is 5.82 Å². The summed E-state index contributed by atoms with van der Waals surface area (Å²) >= 11 is 13.1. The highest BCUT2D eigenvalue weighted by molar-refractivity contribution is 6.38. The first-order valence-corrected chi connectivity index (χ1v) is 12.1. The predicted octanol–water partition coefficient (Wildman–Crippen LogP) is 7.06. The lowest BCUT2D eigenvalue weighted by Crippen LogP contribution is -2.29. The minimum atomic E-state index is -4.45. The molecule has 0 spiro atoms. The van der Waals surface area contributed by atoms with Crippen molar-refractivity contribution in [1.82, 2.24) is 14.5 Å². The maximum atomic E-state index is 13.3.